The van der Waals surface area contributed by atoms with E-state index < -0.39 is 0 Å². The molecule has 0 fully saturated rings. The Morgan fingerprint density at radius 2 is 2.08 bits per heavy atom. The SMILES string of the molecule is Cc1ccccc1C1=NN=NC1. The van der Waals surface area contributed by atoms with Gasteiger partial charge in [-0.1, -0.05) is 24.3 Å². The third kappa shape index (κ3) is 1.13. The zero-order valence-electron chi connectivity index (χ0n) is 6.86. The molecule has 1 aliphatic rings. The van der Waals surface area contributed by atoms with E-state index in [1.807, 2.05) is 18.2 Å². The summed E-state index contributed by atoms with van der Waals surface area (Å²) in [5.41, 5.74) is 3.35. The summed E-state index contributed by atoms with van der Waals surface area (Å²) in [4.78, 5) is 0. The van der Waals surface area contributed by atoms with Crippen LogP contribution in [0.25, 0.3) is 0 Å². The first-order valence-electron chi connectivity index (χ1n) is 3.87. The van der Waals surface area contributed by atoms with Crippen LogP contribution >= 0.6 is 0 Å². The number of rotatable bonds is 1. The molecule has 3 nitrogen and oxygen atoms in total. The van der Waals surface area contributed by atoms with Crippen LogP contribution in [-0.4, -0.2) is 12.3 Å². The summed E-state index contributed by atoms with van der Waals surface area (Å²) in [6.07, 6.45) is 0. The molecule has 1 aromatic rings. The minimum atomic E-state index is 0.616. The minimum Gasteiger partial charge on any atom is -0.162 e. The summed E-state index contributed by atoms with van der Waals surface area (Å²) >= 11 is 0. The van der Waals surface area contributed by atoms with Crippen LogP contribution in [0, 0.1) is 6.92 Å². The fraction of sp³-hybridized carbons (Fsp3) is 0.222. The quantitative estimate of drug-likeness (QED) is 0.602. The summed E-state index contributed by atoms with van der Waals surface area (Å²) in [6.45, 7) is 2.68. The van der Waals surface area contributed by atoms with Gasteiger partial charge in [0.1, 0.15) is 6.54 Å². The lowest BCUT2D eigenvalue weighted by Crippen LogP contribution is -2.03. The van der Waals surface area contributed by atoms with Crippen molar-refractivity contribution in [3.63, 3.8) is 0 Å². The third-order valence-electron chi connectivity index (χ3n) is 1.91. The monoisotopic (exact) mass is 159 g/mol. The maximum Gasteiger partial charge on any atom is 0.107 e. The average molecular weight is 159 g/mol. The molecule has 3 heteroatoms. The van der Waals surface area contributed by atoms with Gasteiger partial charge >= 0.3 is 0 Å². The largest absolute Gasteiger partial charge is 0.162 e. The van der Waals surface area contributed by atoms with Crippen molar-refractivity contribution in [1.82, 2.24) is 0 Å². The van der Waals surface area contributed by atoms with Gasteiger partial charge in [-0.3, -0.25) is 0 Å². The van der Waals surface area contributed by atoms with Crippen molar-refractivity contribution < 1.29 is 0 Å². The van der Waals surface area contributed by atoms with Crippen LogP contribution in [0.5, 0.6) is 0 Å². The van der Waals surface area contributed by atoms with Crippen LogP contribution in [-0.2, 0) is 0 Å². The lowest BCUT2D eigenvalue weighted by atomic mass is 10.0. The molecular formula is C9H9N3. The Hall–Kier alpha value is -1.51. The first-order chi connectivity index (χ1) is 5.88. The molecule has 0 bridgehead atoms. The minimum absolute atomic E-state index is 0.616. The van der Waals surface area contributed by atoms with Crippen molar-refractivity contribution in [2.75, 3.05) is 6.54 Å². The number of nitrogens with zero attached hydrogens (tertiary/aromatic N) is 3. The number of hydrogen-bond acceptors (Lipinski definition) is 3. The lowest BCUT2D eigenvalue weighted by Gasteiger charge is -2.01. The molecular weight excluding hydrogens is 150 g/mol. The summed E-state index contributed by atoms with van der Waals surface area (Å²) in [6, 6.07) is 8.13. The molecule has 0 atom stereocenters. The van der Waals surface area contributed by atoms with Gasteiger partial charge in [0.25, 0.3) is 0 Å². The number of benzene rings is 1. The van der Waals surface area contributed by atoms with E-state index in [0.29, 0.717) is 6.54 Å². The second kappa shape index (κ2) is 2.85. The van der Waals surface area contributed by atoms with Crippen molar-refractivity contribution in [3.8, 4) is 0 Å². The molecule has 2 rings (SSSR count). The first kappa shape index (κ1) is 7.16. The Kier molecular flexibility index (Phi) is 1.70. The maximum atomic E-state index is 3.94. The van der Waals surface area contributed by atoms with Gasteiger partial charge in [-0.05, 0) is 17.7 Å². The molecule has 0 aromatic heterocycles. The van der Waals surface area contributed by atoms with E-state index in [1.165, 1.54) is 5.56 Å². The molecule has 0 N–H and O–H groups in total. The summed E-state index contributed by atoms with van der Waals surface area (Å²) in [7, 11) is 0. The van der Waals surface area contributed by atoms with Crippen molar-refractivity contribution in [2.45, 2.75) is 6.92 Å². The summed E-state index contributed by atoms with van der Waals surface area (Å²) in [5, 5.41) is 11.3. The van der Waals surface area contributed by atoms with Gasteiger partial charge in [0.05, 0.1) is 5.71 Å². The molecule has 1 heterocycles. The van der Waals surface area contributed by atoms with Crippen molar-refractivity contribution >= 4 is 5.71 Å². The highest BCUT2D eigenvalue weighted by Gasteiger charge is 2.08. The molecule has 0 spiro atoms. The number of hydrogen-bond donors (Lipinski definition) is 0. The zero-order chi connectivity index (χ0) is 8.39. The average Bonchev–Trinajstić information content (AvgIpc) is 2.57. The molecule has 0 saturated carbocycles. The highest BCUT2D eigenvalue weighted by atomic mass is 15.4. The standard InChI is InChI=1S/C9H9N3/c1-7-4-2-3-5-8(7)9-6-10-12-11-9/h2-5H,6H2,1H3. The van der Waals surface area contributed by atoms with Gasteiger partial charge in [-0.25, -0.2) is 0 Å². The number of aryl methyl sites for hydroxylation is 1. The molecule has 0 unspecified atom stereocenters. The Labute approximate surface area is 70.8 Å². The molecule has 60 valence electrons. The molecule has 0 saturated heterocycles. The third-order valence-corrected chi connectivity index (χ3v) is 1.91. The summed E-state index contributed by atoms with van der Waals surface area (Å²) in [5.74, 6) is 0. The predicted octanol–water partition coefficient (Wildman–Crippen LogP) is 2.16. The molecule has 0 radical (unpaired) electrons. The van der Waals surface area contributed by atoms with Crippen molar-refractivity contribution in [3.05, 3.63) is 35.4 Å². The van der Waals surface area contributed by atoms with Gasteiger partial charge in [-0.2, -0.15) is 5.11 Å². The van der Waals surface area contributed by atoms with E-state index in [0.717, 1.165) is 11.3 Å². The van der Waals surface area contributed by atoms with Crippen molar-refractivity contribution in [2.24, 2.45) is 15.4 Å². The molecule has 1 aromatic carbocycles. The fourth-order valence-electron chi connectivity index (χ4n) is 1.25. The van der Waals surface area contributed by atoms with Crippen LogP contribution in [0.2, 0.25) is 0 Å². The molecule has 12 heavy (non-hydrogen) atoms. The van der Waals surface area contributed by atoms with Crippen LogP contribution in [0.3, 0.4) is 0 Å². The fourth-order valence-corrected chi connectivity index (χ4v) is 1.25. The van der Waals surface area contributed by atoms with E-state index >= 15 is 0 Å². The first-order valence-corrected chi connectivity index (χ1v) is 3.87. The van der Waals surface area contributed by atoms with Crippen molar-refractivity contribution in [1.29, 1.82) is 0 Å². The highest BCUT2D eigenvalue weighted by Crippen LogP contribution is 2.11. The lowest BCUT2D eigenvalue weighted by molar-refractivity contribution is 1.06. The van der Waals surface area contributed by atoms with Gasteiger partial charge in [0.15, 0.2) is 0 Å². The van der Waals surface area contributed by atoms with Gasteiger partial charge in [-0.15, -0.1) is 5.10 Å². The Morgan fingerprint density at radius 3 is 2.75 bits per heavy atom. The predicted molar refractivity (Wildman–Crippen MR) is 47.4 cm³/mol. The Bertz CT molecular complexity index is 353. The topological polar surface area (TPSA) is 37.1 Å². The Balaban J connectivity index is 2.40. The highest BCUT2D eigenvalue weighted by molar-refractivity contribution is 6.03. The van der Waals surface area contributed by atoms with Crippen LogP contribution in [0.1, 0.15) is 11.1 Å². The normalized spacial score (nSPS) is 14.9. The molecule has 0 amide bonds. The van der Waals surface area contributed by atoms with Gasteiger partial charge < -0.3 is 0 Å². The van der Waals surface area contributed by atoms with Gasteiger partial charge in [0, 0.05) is 5.56 Å². The van der Waals surface area contributed by atoms with Crippen LogP contribution < -0.4 is 0 Å². The van der Waals surface area contributed by atoms with Crippen LogP contribution in [0.4, 0.5) is 0 Å². The zero-order valence-corrected chi connectivity index (χ0v) is 6.86. The molecule has 1 aliphatic heterocycles. The molecule has 0 aliphatic carbocycles. The smallest absolute Gasteiger partial charge is 0.107 e. The second-order valence-corrected chi connectivity index (χ2v) is 2.75. The van der Waals surface area contributed by atoms with E-state index in [1.54, 1.807) is 0 Å². The Morgan fingerprint density at radius 1 is 1.25 bits per heavy atom. The van der Waals surface area contributed by atoms with E-state index in [-0.39, 0.29) is 0 Å². The second-order valence-electron chi connectivity index (χ2n) is 2.75. The maximum absolute atomic E-state index is 3.94. The van der Waals surface area contributed by atoms with Crippen LogP contribution in [0.15, 0.2) is 39.7 Å². The summed E-state index contributed by atoms with van der Waals surface area (Å²) < 4.78 is 0. The van der Waals surface area contributed by atoms with E-state index in [2.05, 4.69) is 28.4 Å². The van der Waals surface area contributed by atoms with E-state index in [4.69, 9.17) is 0 Å². The van der Waals surface area contributed by atoms with E-state index in [9.17, 15) is 0 Å². The van der Waals surface area contributed by atoms with Gasteiger partial charge in [0.2, 0.25) is 0 Å².